The third kappa shape index (κ3) is 5.06. The molecule has 6 nitrogen and oxygen atoms in total. The molecule has 1 fully saturated rings. The van der Waals surface area contributed by atoms with Gasteiger partial charge in [-0.25, -0.2) is 4.79 Å². The Labute approximate surface area is 114 Å². The van der Waals surface area contributed by atoms with Crippen molar-refractivity contribution in [3.8, 4) is 0 Å². The molecule has 1 rings (SSSR count). The van der Waals surface area contributed by atoms with Crippen molar-refractivity contribution in [2.24, 2.45) is 5.73 Å². The summed E-state index contributed by atoms with van der Waals surface area (Å²) in [4.78, 5) is 24.9. The number of hydrogen-bond acceptors (Lipinski definition) is 5. The van der Waals surface area contributed by atoms with Crippen LogP contribution in [0.2, 0.25) is 0 Å². The molecule has 19 heavy (non-hydrogen) atoms. The Kier molecular flexibility index (Phi) is 5.17. The van der Waals surface area contributed by atoms with Crippen molar-refractivity contribution >= 4 is 12.1 Å². The zero-order valence-corrected chi connectivity index (χ0v) is 12.1. The highest BCUT2D eigenvalue weighted by atomic mass is 16.6. The largest absolute Gasteiger partial charge is 0.462 e. The maximum Gasteiger partial charge on any atom is 0.410 e. The Morgan fingerprint density at radius 1 is 1.42 bits per heavy atom. The van der Waals surface area contributed by atoms with E-state index < -0.39 is 17.6 Å². The number of nitrogens with two attached hydrogens (primary N) is 1. The fraction of sp³-hybridized carbons (Fsp3) is 0.846. The second-order valence-corrected chi connectivity index (χ2v) is 5.89. The molecule has 2 N–H and O–H groups in total. The first-order valence-corrected chi connectivity index (χ1v) is 6.62. The molecule has 1 saturated heterocycles. The van der Waals surface area contributed by atoms with Crippen LogP contribution in [0.25, 0.3) is 0 Å². The molecule has 0 aliphatic carbocycles. The normalized spacial score (nSPS) is 21.1. The van der Waals surface area contributed by atoms with Crippen LogP contribution in [0.3, 0.4) is 0 Å². The van der Waals surface area contributed by atoms with E-state index in [1.54, 1.807) is 11.8 Å². The third-order valence-corrected chi connectivity index (χ3v) is 2.79. The van der Waals surface area contributed by atoms with Gasteiger partial charge < -0.3 is 20.1 Å². The van der Waals surface area contributed by atoms with E-state index in [1.807, 2.05) is 20.8 Å². The van der Waals surface area contributed by atoms with Gasteiger partial charge in [0.05, 0.1) is 6.04 Å². The first-order chi connectivity index (χ1) is 8.70. The average Bonchev–Trinajstić information content (AvgIpc) is 2.71. The van der Waals surface area contributed by atoms with Crippen LogP contribution >= 0.6 is 0 Å². The van der Waals surface area contributed by atoms with Gasteiger partial charge in [-0.3, -0.25) is 4.79 Å². The summed E-state index contributed by atoms with van der Waals surface area (Å²) in [5.41, 5.74) is 4.90. The highest BCUT2D eigenvalue weighted by Crippen LogP contribution is 2.21. The fourth-order valence-electron chi connectivity index (χ4n) is 1.88. The number of rotatable bonds is 3. The minimum atomic E-state index is -0.642. The summed E-state index contributed by atoms with van der Waals surface area (Å²) >= 11 is 0. The van der Waals surface area contributed by atoms with Crippen LogP contribution in [0, 0.1) is 0 Å². The van der Waals surface area contributed by atoms with Gasteiger partial charge in [-0.1, -0.05) is 0 Å². The van der Waals surface area contributed by atoms with Crippen LogP contribution in [0.15, 0.2) is 0 Å². The van der Waals surface area contributed by atoms with E-state index in [2.05, 4.69) is 0 Å². The van der Waals surface area contributed by atoms with Gasteiger partial charge in [-0.2, -0.15) is 0 Å². The number of carbonyl (C=O) groups is 2. The van der Waals surface area contributed by atoms with E-state index >= 15 is 0 Å². The Balaban J connectivity index is 2.50. The van der Waals surface area contributed by atoms with Gasteiger partial charge in [0.15, 0.2) is 0 Å². The highest BCUT2D eigenvalue weighted by molar-refractivity contribution is 5.75. The second kappa shape index (κ2) is 6.23. The lowest BCUT2D eigenvalue weighted by Gasteiger charge is -2.28. The predicted molar refractivity (Wildman–Crippen MR) is 70.6 cm³/mol. The van der Waals surface area contributed by atoms with E-state index in [0.717, 1.165) is 12.8 Å². The van der Waals surface area contributed by atoms with Crippen molar-refractivity contribution in [2.45, 2.75) is 58.2 Å². The second-order valence-electron chi connectivity index (χ2n) is 5.89. The molecule has 0 unspecified atom stereocenters. The van der Waals surface area contributed by atoms with Gasteiger partial charge >= 0.3 is 12.1 Å². The molecule has 1 aliphatic rings. The van der Waals surface area contributed by atoms with Crippen LogP contribution in [0.4, 0.5) is 4.79 Å². The van der Waals surface area contributed by atoms with Crippen LogP contribution < -0.4 is 5.73 Å². The van der Waals surface area contributed by atoms with Crippen LogP contribution in [-0.2, 0) is 14.3 Å². The SMILES string of the molecule is C[C@H](N)C(=O)OC[C@@H]1CCCN1C(=O)OC(C)(C)C. The maximum atomic E-state index is 12.0. The molecular weight excluding hydrogens is 248 g/mol. The summed E-state index contributed by atoms with van der Waals surface area (Å²) in [7, 11) is 0. The third-order valence-electron chi connectivity index (χ3n) is 2.79. The molecular formula is C13H24N2O4. The van der Waals surface area contributed by atoms with Crippen LogP contribution in [-0.4, -0.2) is 47.8 Å². The first-order valence-electron chi connectivity index (χ1n) is 6.62. The number of likely N-dealkylation sites (tertiary alicyclic amines) is 1. The molecule has 1 heterocycles. The average molecular weight is 272 g/mol. The molecule has 2 atom stereocenters. The van der Waals surface area contributed by atoms with E-state index in [0.29, 0.717) is 6.54 Å². The summed E-state index contributed by atoms with van der Waals surface area (Å²) in [5, 5.41) is 0. The number of ether oxygens (including phenoxy) is 2. The van der Waals surface area contributed by atoms with Crippen molar-refractivity contribution in [3.63, 3.8) is 0 Å². The van der Waals surface area contributed by atoms with Gasteiger partial charge in [0.25, 0.3) is 0 Å². The monoisotopic (exact) mass is 272 g/mol. The predicted octanol–water partition coefficient (Wildman–Crippen LogP) is 1.28. The molecule has 0 bridgehead atoms. The van der Waals surface area contributed by atoms with Crippen molar-refractivity contribution in [1.82, 2.24) is 4.90 Å². The van der Waals surface area contributed by atoms with Gasteiger partial charge in [0, 0.05) is 6.54 Å². The van der Waals surface area contributed by atoms with Crippen molar-refractivity contribution < 1.29 is 19.1 Å². The number of esters is 1. The van der Waals surface area contributed by atoms with E-state index in [1.165, 1.54) is 0 Å². The summed E-state index contributed by atoms with van der Waals surface area (Å²) < 4.78 is 10.4. The molecule has 1 amide bonds. The molecule has 0 spiro atoms. The van der Waals surface area contributed by atoms with E-state index in [4.69, 9.17) is 15.2 Å². The summed E-state index contributed by atoms with van der Waals surface area (Å²) in [6.45, 7) is 7.86. The Bertz CT molecular complexity index is 336. The Hall–Kier alpha value is -1.30. The summed E-state index contributed by atoms with van der Waals surface area (Å²) in [6.07, 6.45) is 1.34. The van der Waals surface area contributed by atoms with Gasteiger partial charge in [0.1, 0.15) is 18.2 Å². The minimum absolute atomic E-state index is 0.113. The van der Waals surface area contributed by atoms with E-state index in [-0.39, 0.29) is 18.7 Å². The minimum Gasteiger partial charge on any atom is -0.462 e. The molecule has 0 radical (unpaired) electrons. The topological polar surface area (TPSA) is 81.9 Å². The molecule has 0 aromatic carbocycles. The van der Waals surface area contributed by atoms with Gasteiger partial charge in [-0.05, 0) is 40.5 Å². The standard InChI is InChI=1S/C13H24N2O4/c1-9(14)11(16)18-8-10-6-5-7-15(10)12(17)19-13(2,3)4/h9-10H,5-8,14H2,1-4H3/t9-,10-/m0/s1. The smallest absolute Gasteiger partial charge is 0.410 e. The highest BCUT2D eigenvalue weighted by Gasteiger charge is 2.33. The van der Waals surface area contributed by atoms with Crippen molar-refractivity contribution in [1.29, 1.82) is 0 Å². The summed E-state index contributed by atoms with van der Waals surface area (Å²) in [6, 6.07) is -0.756. The molecule has 0 aromatic rings. The zero-order chi connectivity index (χ0) is 14.6. The molecule has 0 saturated carbocycles. The quantitative estimate of drug-likeness (QED) is 0.782. The number of carbonyl (C=O) groups excluding carboxylic acids is 2. The Morgan fingerprint density at radius 2 is 2.05 bits per heavy atom. The number of nitrogens with zero attached hydrogens (tertiary/aromatic N) is 1. The zero-order valence-electron chi connectivity index (χ0n) is 12.1. The molecule has 110 valence electrons. The molecule has 0 aromatic heterocycles. The van der Waals surface area contributed by atoms with Crippen LogP contribution in [0.5, 0.6) is 0 Å². The lowest BCUT2D eigenvalue weighted by Crippen LogP contribution is -2.42. The number of hydrogen-bond donors (Lipinski definition) is 1. The van der Waals surface area contributed by atoms with E-state index in [9.17, 15) is 9.59 Å². The Morgan fingerprint density at radius 3 is 2.58 bits per heavy atom. The van der Waals surface area contributed by atoms with Gasteiger partial charge in [0.2, 0.25) is 0 Å². The van der Waals surface area contributed by atoms with Crippen LogP contribution in [0.1, 0.15) is 40.5 Å². The molecule has 6 heteroatoms. The fourth-order valence-corrected chi connectivity index (χ4v) is 1.88. The molecule has 1 aliphatic heterocycles. The number of amides is 1. The van der Waals surface area contributed by atoms with Crippen molar-refractivity contribution in [3.05, 3.63) is 0 Å². The van der Waals surface area contributed by atoms with Gasteiger partial charge in [-0.15, -0.1) is 0 Å². The summed E-state index contributed by atoms with van der Waals surface area (Å²) in [5.74, 6) is -0.448. The van der Waals surface area contributed by atoms with Crippen molar-refractivity contribution in [2.75, 3.05) is 13.2 Å². The lowest BCUT2D eigenvalue weighted by molar-refractivity contribution is -0.146. The maximum absolute atomic E-state index is 12.0. The first kappa shape index (κ1) is 15.8. The lowest BCUT2D eigenvalue weighted by atomic mass is 10.2.